The van der Waals surface area contributed by atoms with E-state index in [0.29, 0.717) is 12.1 Å². The summed E-state index contributed by atoms with van der Waals surface area (Å²) in [4.78, 5) is 21.3. The fraction of sp³-hybridized carbons (Fsp3) is 0.462. The van der Waals surface area contributed by atoms with E-state index in [9.17, 15) is 0 Å². The molecule has 3 aliphatic heterocycles. The molecule has 2 aromatic rings. The molecule has 0 saturated carbocycles. The number of allylic oxidation sites excluding steroid dienone is 1. The monoisotopic (exact) mass is 443 g/mol. The number of anilines is 2. The molecule has 0 unspecified atom stereocenters. The predicted molar refractivity (Wildman–Crippen MR) is 136 cm³/mol. The van der Waals surface area contributed by atoms with Crippen LogP contribution < -0.4 is 9.80 Å². The zero-order valence-electron chi connectivity index (χ0n) is 19.5. The number of para-hydroxylation sites is 1. The van der Waals surface area contributed by atoms with Gasteiger partial charge in [0.25, 0.3) is 0 Å². The summed E-state index contributed by atoms with van der Waals surface area (Å²) in [5.74, 6) is 0.856. The van der Waals surface area contributed by atoms with Crippen LogP contribution in [-0.2, 0) is 0 Å². The van der Waals surface area contributed by atoms with Crippen molar-refractivity contribution in [3.63, 3.8) is 0 Å². The molecule has 33 heavy (non-hydrogen) atoms. The van der Waals surface area contributed by atoms with Gasteiger partial charge in [-0.15, -0.1) is 0 Å². The van der Waals surface area contributed by atoms with Gasteiger partial charge in [-0.2, -0.15) is 0 Å². The van der Waals surface area contributed by atoms with Crippen molar-refractivity contribution in [2.75, 3.05) is 55.6 Å². The first-order valence-electron chi connectivity index (χ1n) is 12.1. The van der Waals surface area contributed by atoms with Gasteiger partial charge in [-0.25, -0.2) is 9.97 Å². The van der Waals surface area contributed by atoms with Gasteiger partial charge in [0.05, 0.1) is 6.54 Å². The highest BCUT2D eigenvalue weighted by atomic mass is 15.3. The molecule has 0 aliphatic carbocycles. The highest BCUT2D eigenvalue weighted by molar-refractivity contribution is 6.09. The van der Waals surface area contributed by atoms with Crippen molar-refractivity contribution in [2.45, 2.75) is 32.6 Å². The number of aromatic nitrogens is 2. The summed E-state index contributed by atoms with van der Waals surface area (Å²) in [7, 11) is 0. The van der Waals surface area contributed by atoms with Crippen LogP contribution in [0.3, 0.4) is 0 Å². The van der Waals surface area contributed by atoms with Crippen molar-refractivity contribution in [2.24, 2.45) is 4.99 Å². The van der Waals surface area contributed by atoms with Crippen LogP contribution in [0.1, 0.15) is 32.6 Å². The van der Waals surface area contributed by atoms with Crippen LogP contribution in [0.25, 0.3) is 11.1 Å². The van der Waals surface area contributed by atoms with Crippen molar-refractivity contribution in [1.82, 2.24) is 14.9 Å². The van der Waals surface area contributed by atoms with E-state index in [1.165, 1.54) is 36.2 Å². The summed E-state index contributed by atoms with van der Waals surface area (Å²) >= 11 is 0. The van der Waals surface area contributed by atoms with Crippen LogP contribution >= 0.6 is 0 Å². The zero-order chi connectivity index (χ0) is 22.6. The van der Waals surface area contributed by atoms with Gasteiger partial charge in [-0.05, 0) is 38.3 Å². The summed E-state index contributed by atoms with van der Waals surface area (Å²) in [6.07, 6.45) is 10.6. The lowest BCUT2D eigenvalue weighted by Gasteiger charge is -2.38. The van der Waals surface area contributed by atoms with Gasteiger partial charge in [0.15, 0.2) is 0 Å². The summed E-state index contributed by atoms with van der Waals surface area (Å²) < 4.78 is 0. The van der Waals surface area contributed by atoms with Crippen molar-refractivity contribution in [3.05, 3.63) is 48.4 Å². The van der Waals surface area contributed by atoms with Crippen molar-refractivity contribution in [3.8, 4) is 11.1 Å². The Morgan fingerprint density at radius 2 is 1.58 bits per heavy atom. The second-order valence-corrected chi connectivity index (χ2v) is 9.21. The third-order valence-corrected chi connectivity index (χ3v) is 6.74. The Morgan fingerprint density at radius 3 is 2.30 bits per heavy atom. The Bertz CT molecular complexity index is 1040. The Kier molecular flexibility index (Phi) is 6.37. The molecule has 1 aromatic carbocycles. The summed E-state index contributed by atoms with van der Waals surface area (Å²) in [5.41, 5.74) is 6.53. The minimum atomic E-state index is 0.662. The molecule has 1 N–H and O–H groups in total. The van der Waals surface area contributed by atoms with E-state index >= 15 is 0 Å². The van der Waals surface area contributed by atoms with Gasteiger partial charge >= 0.3 is 0 Å². The summed E-state index contributed by atoms with van der Waals surface area (Å²) in [6.45, 7) is 8.62. The molecule has 3 aliphatic rings. The Balaban J connectivity index is 1.26. The van der Waals surface area contributed by atoms with Gasteiger partial charge < -0.3 is 20.1 Å². The third kappa shape index (κ3) is 4.92. The van der Waals surface area contributed by atoms with Crippen LogP contribution in [0.15, 0.2) is 53.4 Å². The average Bonchev–Trinajstić information content (AvgIpc) is 3.33. The lowest BCUT2D eigenvalue weighted by atomic mass is 10.1. The predicted octanol–water partition coefficient (Wildman–Crippen LogP) is 4.02. The second-order valence-electron chi connectivity index (χ2n) is 9.21. The van der Waals surface area contributed by atoms with E-state index in [0.717, 1.165) is 63.0 Å². The molecule has 0 amide bonds. The number of hydrogen-bond acceptors (Lipinski definition) is 7. The van der Waals surface area contributed by atoms with Gasteiger partial charge in [0.1, 0.15) is 0 Å². The van der Waals surface area contributed by atoms with E-state index in [1.54, 1.807) is 0 Å². The number of piperazine rings is 1. The smallest absolute Gasteiger partial charge is 0.225 e. The first-order chi connectivity index (χ1) is 16.2. The van der Waals surface area contributed by atoms with Crippen LogP contribution in [0.5, 0.6) is 0 Å². The SMILES string of the molecule is CC(=N)CC1=NCC(N2CCN(c3ccccc3-c3cnc(N4CCCCC4)nc3)CC2)=C1. The quantitative estimate of drug-likeness (QED) is 0.683. The average molecular weight is 444 g/mol. The van der Waals surface area contributed by atoms with Gasteiger partial charge in [-0.3, -0.25) is 4.99 Å². The van der Waals surface area contributed by atoms with Gasteiger partial charge in [0, 0.05) is 92.0 Å². The highest BCUT2D eigenvalue weighted by Crippen LogP contribution is 2.32. The molecule has 1 aromatic heterocycles. The van der Waals surface area contributed by atoms with E-state index in [4.69, 9.17) is 15.4 Å². The largest absolute Gasteiger partial charge is 0.370 e. The van der Waals surface area contributed by atoms with E-state index in [-0.39, 0.29) is 0 Å². The second kappa shape index (κ2) is 9.73. The standard InChI is InChI=1S/C26H33N7/c1-20(27)15-22-16-23(19-28-22)31-11-13-32(14-12-31)25-8-4-3-7-24(25)21-17-29-26(30-18-21)33-9-5-2-6-10-33/h3-4,7-8,16-18,27H,2,5-6,9-15,19H2,1H3. The minimum absolute atomic E-state index is 0.662. The van der Waals surface area contributed by atoms with Crippen LogP contribution in [0.2, 0.25) is 0 Å². The Labute approximate surface area is 196 Å². The molecular weight excluding hydrogens is 410 g/mol. The number of aliphatic imine (C=N–C) groups is 1. The maximum absolute atomic E-state index is 7.70. The fourth-order valence-corrected chi connectivity index (χ4v) is 4.98. The Morgan fingerprint density at radius 1 is 0.879 bits per heavy atom. The van der Waals surface area contributed by atoms with Crippen molar-refractivity contribution >= 4 is 23.1 Å². The minimum Gasteiger partial charge on any atom is -0.370 e. The highest BCUT2D eigenvalue weighted by Gasteiger charge is 2.23. The van der Waals surface area contributed by atoms with Crippen LogP contribution in [0.4, 0.5) is 11.6 Å². The van der Waals surface area contributed by atoms with E-state index in [1.807, 2.05) is 19.3 Å². The zero-order valence-corrected chi connectivity index (χ0v) is 19.5. The molecule has 0 spiro atoms. The number of nitrogens with one attached hydrogen (secondary N) is 1. The molecule has 172 valence electrons. The molecule has 7 nitrogen and oxygen atoms in total. The molecule has 5 rings (SSSR count). The first-order valence-corrected chi connectivity index (χ1v) is 12.1. The maximum atomic E-state index is 7.70. The summed E-state index contributed by atoms with van der Waals surface area (Å²) in [5, 5.41) is 7.70. The van der Waals surface area contributed by atoms with E-state index in [2.05, 4.69) is 50.0 Å². The molecule has 0 bridgehead atoms. The molecule has 2 saturated heterocycles. The van der Waals surface area contributed by atoms with Crippen molar-refractivity contribution < 1.29 is 0 Å². The number of benzene rings is 1. The normalized spacial score (nSPS) is 18.9. The topological polar surface area (TPSA) is 71.7 Å². The first kappa shape index (κ1) is 21.6. The lowest BCUT2D eigenvalue weighted by molar-refractivity contribution is 0.320. The number of nitrogens with zero attached hydrogens (tertiary/aromatic N) is 6. The lowest BCUT2D eigenvalue weighted by Crippen LogP contribution is -2.46. The van der Waals surface area contributed by atoms with Crippen LogP contribution in [0, 0.1) is 5.41 Å². The molecule has 2 fully saturated rings. The molecule has 0 atom stereocenters. The number of piperidine rings is 1. The Hall–Kier alpha value is -3.22. The molecule has 4 heterocycles. The number of hydrogen-bond donors (Lipinski definition) is 1. The fourth-order valence-electron chi connectivity index (χ4n) is 4.98. The van der Waals surface area contributed by atoms with Crippen molar-refractivity contribution in [1.29, 1.82) is 5.41 Å². The summed E-state index contributed by atoms with van der Waals surface area (Å²) in [6, 6.07) is 8.61. The van der Waals surface area contributed by atoms with Gasteiger partial charge in [0.2, 0.25) is 5.95 Å². The maximum Gasteiger partial charge on any atom is 0.225 e. The van der Waals surface area contributed by atoms with E-state index < -0.39 is 0 Å². The molecule has 7 heteroatoms. The van der Waals surface area contributed by atoms with Crippen LogP contribution in [-0.4, -0.2) is 72.1 Å². The third-order valence-electron chi connectivity index (χ3n) is 6.74. The molecular formula is C26H33N7. The number of rotatable bonds is 6. The van der Waals surface area contributed by atoms with Gasteiger partial charge in [-0.1, -0.05) is 18.2 Å². The molecule has 0 radical (unpaired) electrons.